The maximum Gasteiger partial charge on any atom is 0.0961 e. The molecule has 0 amide bonds. The number of pyridine rings is 2. The molecular formula is C64H41N5. The Labute approximate surface area is 398 Å². The van der Waals surface area contributed by atoms with Gasteiger partial charge in [0.1, 0.15) is 0 Å². The molecule has 0 N–H and O–H groups in total. The van der Waals surface area contributed by atoms with E-state index in [0.29, 0.717) is 0 Å². The monoisotopic (exact) mass is 879 g/mol. The largest absolute Gasteiger partial charge is 0.306 e. The van der Waals surface area contributed by atoms with E-state index in [4.69, 9.17) is 9.97 Å². The zero-order valence-electron chi connectivity index (χ0n) is 37.4. The zero-order valence-corrected chi connectivity index (χ0v) is 37.4. The molecular weight excluding hydrogens is 839 g/mol. The summed E-state index contributed by atoms with van der Waals surface area (Å²) >= 11 is 0. The van der Waals surface area contributed by atoms with Crippen LogP contribution in [0.3, 0.4) is 0 Å². The molecule has 0 spiro atoms. The number of hydrogen-bond acceptors (Lipinski definition) is 2. The first kappa shape index (κ1) is 38.9. The van der Waals surface area contributed by atoms with Crippen LogP contribution >= 0.6 is 0 Å². The van der Waals surface area contributed by atoms with Crippen molar-refractivity contribution in [3.05, 3.63) is 249 Å². The molecule has 0 bridgehead atoms. The van der Waals surface area contributed by atoms with Crippen molar-refractivity contribution in [2.24, 2.45) is 0 Å². The van der Waals surface area contributed by atoms with Crippen LogP contribution in [0.2, 0.25) is 0 Å². The number of fused-ring (bicyclic) bond motifs is 9. The average Bonchev–Trinajstić information content (AvgIpc) is 4.06. The van der Waals surface area contributed by atoms with Gasteiger partial charge >= 0.3 is 0 Å². The number of rotatable bonds is 7. The summed E-state index contributed by atoms with van der Waals surface area (Å²) in [6.45, 7) is 0. The molecule has 0 aliphatic carbocycles. The highest BCUT2D eigenvalue weighted by Crippen LogP contribution is 2.49. The molecule has 14 rings (SSSR count). The Kier molecular flexibility index (Phi) is 8.83. The van der Waals surface area contributed by atoms with E-state index in [0.717, 1.165) is 95.2 Å². The second-order valence-corrected chi connectivity index (χ2v) is 17.7. The van der Waals surface area contributed by atoms with Crippen molar-refractivity contribution in [2.75, 3.05) is 0 Å². The minimum atomic E-state index is 0.851. The van der Waals surface area contributed by atoms with Crippen molar-refractivity contribution < 1.29 is 0 Å². The van der Waals surface area contributed by atoms with Crippen molar-refractivity contribution in [1.82, 2.24) is 23.7 Å². The van der Waals surface area contributed by atoms with Gasteiger partial charge in [-0.15, -0.1) is 0 Å². The van der Waals surface area contributed by atoms with E-state index in [-0.39, 0.29) is 0 Å². The van der Waals surface area contributed by atoms with Gasteiger partial charge in [-0.25, -0.2) is 9.97 Å². The molecule has 0 aliphatic rings. The molecule has 5 heterocycles. The minimum absolute atomic E-state index is 0.851. The molecule has 14 aromatic rings. The predicted molar refractivity (Wildman–Crippen MR) is 287 cm³/mol. The molecule has 0 saturated heterocycles. The third-order valence-corrected chi connectivity index (χ3v) is 13.8. The van der Waals surface area contributed by atoms with Crippen LogP contribution < -0.4 is 0 Å². The third kappa shape index (κ3) is 6.04. The molecule has 0 fully saturated rings. The van der Waals surface area contributed by atoms with Crippen molar-refractivity contribution >= 4 is 65.4 Å². The summed E-state index contributed by atoms with van der Waals surface area (Å²) in [4.78, 5) is 11.3. The van der Waals surface area contributed by atoms with Crippen LogP contribution in [0.1, 0.15) is 0 Å². The fourth-order valence-electron chi connectivity index (χ4n) is 10.9. The standard InChI is InChI=1S/C64H41N5/c1-3-21-42(22-4-1)52-31-19-33-54(65-52)50-41-51(55-34-20-32-53(66-55)43-23-5-2-6-24-43)63(68-58-37-15-9-27-46(58)47-28-10-16-38-59(47)68)64(69-60-39-17-11-29-48(60)49-30-12-18-40-61(49)69)62(50)67-56-35-13-7-25-44(56)45-26-8-14-36-57(45)67/h1-41H. The smallest absolute Gasteiger partial charge is 0.0961 e. The van der Waals surface area contributed by atoms with Gasteiger partial charge < -0.3 is 13.7 Å². The Bertz CT molecular complexity index is 3930. The van der Waals surface area contributed by atoms with Crippen molar-refractivity contribution in [2.45, 2.75) is 0 Å². The second-order valence-electron chi connectivity index (χ2n) is 17.7. The summed E-state index contributed by atoms with van der Waals surface area (Å²) in [5, 5.41) is 7.07. The third-order valence-electron chi connectivity index (χ3n) is 13.8. The first-order valence-corrected chi connectivity index (χ1v) is 23.5. The van der Waals surface area contributed by atoms with Crippen molar-refractivity contribution in [1.29, 1.82) is 0 Å². The maximum absolute atomic E-state index is 5.63. The lowest BCUT2D eigenvalue weighted by Gasteiger charge is -2.27. The van der Waals surface area contributed by atoms with E-state index >= 15 is 0 Å². The van der Waals surface area contributed by atoms with Gasteiger partial charge in [0, 0.05) is 54.6 Å². The first-order chi connectivity index (χ1) is 34.3. The fourth-order valence-corrected chi connectivity index (χ4v) is 10.9. The Morgan fingerprint density at radius 3 is 0.797 bits per heavy atom. The Balaban J connectivity index is 1.28. The lowest BCUT2D eigenvalue weighted by atomic mass is 9.96. The molecule has 0 atom stereocenters. The Morgan fingerprint density at radius 2 is 0.478 bits per heavy atom. The number of benzene rings is 9. The van der Waals surface area contributed by atoms with Crippen LogP contribution in [0, 0.1) is 0 Å². The Morgan fingerprint density at radius 1 is 0.217 bits per heavy atom. The van der Waals surface area contributed by atoms with Crippen molar-refractivity contribution in [3.8, 4) is 62.1 Å². The van der Waals surface area contributed by atoms with Gasteiger partial charge in [-0.3, -0.25) is 0 Å². The molecule has 9 aromatic carbocycles. The van der Waals surface area contributed by atoms with E-state index in [1.807, 2.05) is 0 Å². The number of para-hydroxylation sites is 6. The number of hydrogen-bond donors (Lipinski definition) is 0. The lowest BCUT2D eigenvalue weighted by Crippen LogP contribution is -2.13. The summed E-state index contributed by atoms with van der Waals surface area (Å²) in [5.74, 6) is 0. The summed E-state index contributed by atoms with van der Waals surface area (Å²) in [6.07, 6.45) is 0. The van der Waals surface area contributed by atoms with E-state index in [2.05, 4.69) is 262 Å². The highest BCUT2D eigenvalue weighted by Gasteiger charge is 2.31. The van der Waals surface area contributed by atoms with E-state index in [9.17, 15) is 0 Å². The summed E-state index contributed by atoms with van der Waals surface area (Å²) in [6, 6.07) is 89.3. The van der Waals surface area contributed by atoms with E-state index in [1.54, 1.807) is 0 Å². The zero-order chi connectivity index (χ0) is 45.4. The molecule has 5 heteroatoms. The van der Waals surface area contributed by atoms with Gasteiger partial charge in [-0.2, -0.15) is 0 Å². The molecule has 0 radical (unpaired) electrons. The minimum Gasteiger partial charge on any atom is -0.306 e. The van der Waals surface area contributed by atoms with Crippen LogP contribution in [0.15, 0.2) is 249 Å². The fraction of sp³-hybridized carbons (Fsp3) is 0. The molecule has 322 valence electrons. The Hall–Kier alpha value is -9.32. The lowest BCUT2D eigenvalue weighted by molar-refractivity contribution is 1.05. The quantitative estimate of drug-likeness (QED) is 0.160. The average molecular weight is 880 g/mol. The SMILES string of the molecule is c1ccc(-c2cccc(-c3cc(-c4cccc(-c5ccccc5)n4)c(-n4c5ccccc5c5ccccc54)c(-n4c5ccccc5c5ccccc54)c3-n3c4ccccc4c4ccccc43)n2)cc1. The highest BCUT2D eigenvalue weighted by molar-refractivity contribution is 6.15. The van der Waals surface area contributed by atoms with Crippen LogP contribution in [-0.4, -0.2) is 23.7 Å². The summed E-state index contributed by atoms with van der Waals surface area (Å²) in [7, 11) is 0. The van der Waals surface area contributed by atoms with E-state index < -0.39 is 0 Å². The molecule has 5 nitrogen and oxygen atoms in total. The van der Waals surface area contributed by atoms with Gasteiger partial charge in [-0.05, 0) is 66.7 Å². The first-order valence-electron chi connectivity index (χ1n) is 23.5. The van der Waals surface area contributed by atoms with Crippen LogP contribution in [0.4, 0.5) is 0 Å². The van der Waals surface area contributed by atoms with E-state index in [1.165, 1.54) is 32.3 Å². The van der Waals surface area contributed by atoms with Crippen LogP contribution in [-0.2, 0) is 0 Å². The predicted octanol–water partition coefficient (Wildman–Crippen LogP) is 16.4. The molecule has 0 aliphatic heterocycles. The maximum atomic E-state index is 5.63. The van der Waals surface area contributed by atoms with Crippen molar-refractivity contribution in [3.63, 3.8) is 0 Å². The summed E-state index contributed by atoms with van der Waals surface area (Å²) < 4.78 is 7.53. The number of aromatic nitrogens is 5. The van der Waals surface area contributed by atoms with Crippen LogP contribution in [0.5, 0.6) is 0 Å². The number of nitrogens with zero attached hydrogens (tertiary/aromatic N) is 5. The second kappa shape index (κ2) is 15.7. The van der Waals surface area contributed by atoms with Gasteiger partial charge in [-0.1, -0.05) is 182 Å². The van der Waals surface area contributed by atoms with Gasteiger partial charge in [0.05, 0.1) is 72.9 Å². The normalized spacial score (nSPS) is 11.8. The molecule has 5 aromatic heterocycles. The van der Waals surface area contributed by atoms with Gasteiger partial charge in [0.2, 0.25) is 0 Å². The van der Waals surface area contributed by atoms with Gasteiger partial charge in [0.25, 0.3) is 0 Å². The van der Waals surface area contributed by atoms with Gasteiger partial charge in [0.15, 0.2) is 0 Å². The molecule has 0 unspecified atom stereocenters. The molecule has 0 saturated carbocycles. The summed E-state index contributed by atoms with van der Waals surface area (Å²) in [5.41, 5.74) is 17.2. The van der Waals surface area contributed by atoms with Crippen LogP contribution in [0.25, 0.3) is 128 Å². The highest BCUT2D eigenvalue weighted by atomic mass is 15.1. The topological polar surface area (TPSA) is 40.6 Å². The molecule has 69 heavy (non-hydrogen) atoms.